The Morgan fingerprint density at radius 3 is 2.69 bits per heavy atom. The Bertz CT molecular complexity index is 403. The monoisotopic (exact) mass is 215 g/mol. The average molecular weight is 215 g/mol. The molecule has 84 valence electrons. The minimum atomic E-state index is 0.779. The molecule has 0 aliphatic heterocycles. The zero-order valence-electron chi connectivity index (χ0n) is 9.53. The number of aromatic amines is 1. The van der Waals surface area contributed by atoms with Gasteiger partial charge in [-0.3, -0.25) is 0 Å². The smallest absolute Gasteiger partial charge is 0.204 e. The second-order valence-corrected chi connectivity index (χ2v) is 3.86. The van der Waals surface area contributed by atoms with Gasteiger partial charge in [-0.05, 0) is 30.5 Å². The molecule has 3 nitrogen and oxygen atoms in total. The van der Waals surface area contributed by atoms with Crippen LogP contribution in [-0.4, -0.2) is 9.97 Å². The van der Waals surface area contributed by atoms with Gasteiger partial charge in [0, 0.05) is 18.1 Å². The molecule has 0 spiro atoms. The molecule has 0 saturated heterocycles. The van der Waals surface area contributed by atoms with Crippen molar-refractivity contribution in [3.8, 4) is 0 Å². The van der Waals surface area contributed by atoms with Crippen molar-refractivity contribution in [3.63, 3.8) is 0 Å². The van der Waals surface area contributed by atoms with E-state index in [0.29, 0.717) is 0 Å². The minimum absolute atomic E-state index is 0.779. The molecule has 0 atom stereocenters. The Kier molecular flexibility index (Phi) is 3.59. The Balaban J connectivity index is 1.96. The van der Waals surface area contributed by atoms with Crippen LogP contribution in [0.15, 0.2) is 36.7 Å². The molecule has 1 heterocycles. The quantitative estimate of drug-likeness (QED) is 0.801. The minimum Gasteiger partial charge on any atom is -0.331 e. The van der Waals surface area contributed by atoms with E-state index >= 15 is 0 Å². The molecular weight excluding hydrogens is 198 g/mol. The van der Waals surface area contributed by atoms with Gasteiger partial charge in [-0.25, -0.2) is 4.98 Å². The molecular formula is C13H17N3. The van der Waals surface area contributed by atoms with E-state index in [1.165, 1.54) is 18.4 Å². The lowest BCUT2D eigenvalue weighted by molar-refractivity contribution is 0.795. The van der Waals surface area contributed by atoms with Crippen LogP contribution in [0.2, 0.25) is 0 Å². The number of hydrogen-bond donors (Lipinski definition) is 2. The number of nitrogens with zero attached hydrogens (tertiary/aromatic N) is 1. The molecule has 16 heavy (non-hydrogen) atoms. The van der Waals surface area contributed by atoms with Crippen molar-refractivity contribution in [2.45, 2.75) is 26.2 Å². The normalized spacial score (nSPS) is 10.3. The fraction of sp³-hybridized carbons (Fsp3) is 0.308. The second-order valence-electron chi connectivity index (χ2n) is 3.86. The van der Waals surface area contributed by atoms with E-state index < -0.39 is 0 Å². The van der Waals surface area contributed by atoms with E-state index in [1.807, 2.05) is 0 Å². The van der Waals surface area contributed by atoms with Gasteiger partial charge in [-0.1, -0.05) is 25.5 Å². The van der Waals surface area contributed by atoms with E-state index in [9.17, 15) is 0 Å². The van der Waals surface area contributed by atoms with Crippen molar-refractivity contribution < 1.29 is 0 Å². The third-order valence-corrected chi connectivity index (χ3v) is 2.53. The van der Waals surface area contributed by atoms with E-state index in [-0.39, 0.29) is 0 Å². The first kappa shape index (κ1) is 10.7. The summed E-state index contributed by atoms with van der Waals surface area (Å²) in [5, 5.41) is 3.20. The third kappa shape index (κ3) is 2.86. The predicted octanol–water partition coefficient (Wildman–Crippen LogP) is 3.50. The zero-order chi connectivity index (χ0) is 11.2. The summed E-state index contributed by atoms with van der Waals surface area (Å²) in [7, 11) is 0. The van der Waals surface area contributed by atoms with Gasteiger partial charge in [0.25, 0.3) is 0 Å². The summed E-state index contributed by atoms with van der Waals surface area (Å²) in [6, 6.07) is 8.52. The number of H-pyrrole nitrogens is 1. The number of anilines is 2. The first-order valence-corrected chi connectivity index (χ1v) is 5.74. The van der Waals surface area contributed by atoms with E-state index in [1.54, 1.807) is 12.4 Å². The number of nitrogens with one attached hydrogen (secondary N) is 2. The molecule has 0 fully saturated rings. The van der Waals surface area contributed by atoms with Crippen LogP contribution in [0.1, 0.15) is 25.3 Å². The molecule has 2 aromatic rings. The van der Waals surface area contributed by atoms with Gasteiger partial charge in [0.1, 0.15) is 0 Å². The van der Waals surface area contributed by atoms with E-state index in [4.69, 9.17) is 0 Å². The summed E-state index contributed by atoms with van der Waals surface area (Å²) in [5.41, 5.74) is 2.46. The summed E-state index contributed by atoms with van der Waals surface area (Å²) in [6.07, 6.45) is 7.20. The molecule has 0 bridgehead atoms. The lowest BCUT2D eigenvalue weighted by Crippen LogP contribution is -1.92. The first-order chi connectivity index (χ1) is 7.88. The number of unbranched alkanes of at least 4 members (excludes halogenated alkanes) is 1. The predicted molar refractivity (Wildman–Crippen MR) is 66.9 cm³/mol. The summed E-state index contributed by atoms with van der Waals surface area (Å²) in [5.74, 6) is 0.779. The molecule has 0 amide bonds. The molecule has 1 aromatic carbocycles. The van der Waals surface area contributed by atoms with Gasteiger partial charge in [0.2, 0.25) is 5.95 Å². The number of hydrogen-bond acceptors (Lipinski definition) is 2. The fourth-order valence-electron chi connectivity index (χ4n) is 1.61. The first-order valence-electron chi connectivity index (χ1n) is 5.74. The topological polar surface area (TPSA) is 40.7 Å². The molecule has 0 saturated carbocycles. The van der Waals surface area contributed by atoms with Crippen LogP contribution in [0.4, 0.5) is 11.6 Å². The molecule has 0 aliphatic carbocycles. The number of aryl methyl sites for hydroxylation is 1. The second kappa shape index (κ2) is 5.35. The molecule has 3 heteroatoms. The summed E-state index contributed by atoms with van der Waals surface area (Å²) in [4.78, 5) is 7.13. The van der Waals surface area contributed by atoms with Gasteiger partial charge in [-0.15, -0.1) is 0 Å². The Morgan fingerprint density at radius 1 is 1.25 bits per heavy atom. The van der Waals surface area contributed by atoms with E-state index in [2.05, 4.69) is 46.5 Å². The van der Waals surface area contributed by atoms with Gasteiger partial charge in [-0.2, -0.15) is 0 Å². The Labute approximate surface area is 95.9 Å². The third-order valence-electron chi connectivity index (χ3n) is 2.53. The summed E-state index contributed by atoms with van der Waals surface area (Å²) in [6.45, 7) is 2.22. The van der Waals surface area contributed by atoms with Crippen molar-refractivity contribution in [1.29, 1.82) is 0 Å². The highest BCUT2D eigenvalue weighted by Crippen LogP contribution is 2.14. The average Bonchev–Trinajstić information content (AvgIpc) is 2.81. The maximum atomic E-state index is 4.12. The maximum absolute atomic E-state index is 4.12. The lowest BCUT2D eigenvalue weighted by Gasteiger charge is -2.04. The van der Waals surface area contributed by atoms with Crippen LogP contribution >= 0.6 is 0 Å². The molecule has 2 rings (SSSR count). The van der Waals surface area contributed by atoms with E-state index in [0.717, 1.165) is 18.1 Å². The van der Waals surface area contributed by atoms with Crippen LogP contribution in [-0.2, 0) is 6.42 Å². The Hall–Kier alpha value is -1.77. The highest BCUT2D eigenvalue weighted by Gasteiger charge is 1.96. The Morgan fingerprint density at radius 2 is 2.06 bits per heavy atom. The lowest BCUT2D eigenvalue weighted by atomic mass is 10.1. The van der Waals surface area contributed by atoms with Crippen LogP contribution in [0.25, 0.3) is 0 Å². The molecule has 0 aliphatic rings. The van der Waals surface area contributed by atoms with Crippen molar-refractivity contribution in [3.05, 3.63) is 42.2 Å². The summed E-state index contributed by atoms with van der Waals surface area (Å²) < 4.78 is 0. The fourth-order valence-corrected chi connectivity index (χ4v) is 1.61. The maximum Gasteiger partial charge on any atom is 0.204 e. The summed E-state index contributed by atoms with van der Waals surface area (Å²) >= 11 is 0. The van der Waals surface area contributed by atoms with Crippen LogP contribution in [0, 0.1) is 0 Å². The van der Waals surface area contributed by atoms with Gasteiger partial charge in [0.15, 0.2) is 0 Å². The zero-order valence-corrected chi connectivity index (χ0v) is 9.53. The molecule has 0 radical (unpaired) electrons. The van der Waals surface area contributed by atoms with Crippen molar-refractivity contribution >= 4 is 11.6 Å². The van der Waals surface area contributed by atoms with Gasteiger partial charge >= 0.3 is 0 Å². The van der Waals surface area contributed by atoms with Crippen LogP contribution in [0.3, 0.4) is 0 Å². The molecule has 0 unspecified atom stereocenters. The molecule has 2 N–H and O–H groups in total. The number of imidazole rings is 1. The van der Waals surface area contributed by atoms with Crippen molar-refractivity contribution in [1.82, 2.24) is 9.97 Å². The highest BCUT2D eigenvalue weighted by atomic mass is 15.1. The van der Waals surface area contributed by atoms with Gasteiger partial charge in [0.05, 0.1) is 0 Å². The SMILES string of the molecule is CCCCc1ccc(Nc2ncc[nH]2)cc1. The highest BCUT2D eigenvalue weighted by molar-refractivity contribution is 5.53. The van der Waals surface area contributed by atoms with Crippen molar-refractivity contribution in [2.24, 2.45) is 0 Å². The van der Waals surface area contributed by atoms with Crippen LogP contribution in [0.5, 0.6) is 0 Å². The number of benzene rings is 1. The standard InChI is InChI=1S/C13H17N3/c1-2-3-4-11-5-7-12(8-6-11)16-13-14-9-10-15-13/h5-10H,2-4H2,1H3,(H2,14,15,16). The van der Waals surface area contributed by atoms with Crippen molar-refractivity contribution in [2.75, 3.05) is 5.32 Å². The number of rotatable bonds is 5. The van der Waals surface area contributed by atoms with Crippen LogP contribution < -0.4 is 5.32 Å². The number of aromatic nitrogens is 2. The largest absolute Gasteiger partial charge is 0.331 e. The molecule has 1 aromatic heterocycles. The van der Waals surface area contributed by atoms with Gasteiger partial charge < -0.3 is 10.3 Å².